The molecule has 0 saturated heterocycles. The van der Waals surface area contributed by atoms with Crippen molar-refractivity contribution in [2.75, 3.05) is 6.61 Å². The van der Waals surface area contributed by atoms with Crippen LogP contribution in [0.1, 0.15) is 18.9 Å². The average Bonchev–Trinajstić information content (AvgIpc) is 2.36. The molecule has 2 N–H and O–H groups in total. The summed E-state index contributed by atoms with van der Waals surface area (Å²) < 4.78 is 5.50. The summed E-state index contributed by atoms with van der Waals surface area (Å²) in [7, 11) is 0. The molecule has 0 bridgehead atoms. The summed E-state index contributed by atoms with van der Waals surface area (Å²) in [5.41, 5.74) is 0.578. The molecule has 17 heavy (non-hydrogen) atoms. The van der Waals surface area contributed by atoms with Crippen molar-refractivity contribution in [3.05, 3.63) is 29.8 Å². The average molecular weight is 232 g/mol. The fourth-order valence-electron chi connectivity index (χ4n) is 1.89. The Morgan fingerprint density at radius 2 is 1.65 bits per heavy atom. The van der Waals surface area contributed by atoms with Gasteiger partial charge in [0.05, 0.1) is 6.61 Å². The van der Waals surface area contributed by atoms with Gasteiger partial charge in [-0.05, 0) is 13.3 Å². The highest BCUT2D eigenvalue weighted by atomic mass is 16.5. The predicted octanol–water partition coefficient (Wildman–Crippen LogP) is 3.35. The Hall–Kier alpha value is -1.90. The number of ether oxygens (including phenoxy) is 1. The van der Waals surface area contributed by atoms with E-state index < -0.39 is 0 Å². The molecule has 0 amide bonds. The van der Waals surface area contributed by atoms with Gasteiger partial charge < -0.3 is 14.9 Å². The van der Waals surface area contributed by atoms with Crippen LogP contribution in [0.3, 0.4) is 0 Å². The van der Waals surface area contributed by atoms with Crippen molar-refractivity contribution < 1.29 is 14.9 Å². The zero-order valence-electron chi connectivity index (χ0n) is 10.0. The molecular formula is C14H16O3. The molecule has 2 rings (SSSR count). The third-order valence-corrected chi connectivity index (χ3v) is 2.80. The van der Waals surface area contributed by atoms with E-state index >= 15 is 0 Å². The summed E-state index contributed by atoms with van der Waals surface area (Å²) in [6.45, 7) is 4.26. The Morgan fingerprint density at radius 3 is 2.24 bits per heavy atom. The second-order valence-corrected chi connectivity index (χ2v) is 4.05. The predicted molar refractivity (Wildman–Crippen MR) is 67.8 cm³/mol. The van der Waals surface area contributed by atoms with Gasteiger partial charge in [-0.2, -0.15) is 0 Å². The van der Waals surface area contributed by atoms with E-state index in [1.54, 1.807) is 19.1 Å². The van der Waals surface area contributed by atoms with Crippen LogP contribution in [0.4, 0.5) is 0 Å². The highest BCUT2D eigenvalue weighted by molar-refractivity contribution is 5.96. The number of rotatable bonds is 3. The SMILES string of the molecule is CCCOc1c(C)c(O)c2ccccc2c1O. The van der Waals surface area contributed by atoms with Crippen molar-refractivity contribution in [1.82, 2.24) is 0 Å². The molecule has 3 nitrogen and oxygen atoms in total. The Bertz CT molecular complexity index is 547. The van der Waals surface area contributed by atoms with Gasteiger partial charge in [0.1, 0.15) is 5.75 Å². The fourth-order valence-corrected chi connectivity index (χ4v) is 1.89. The van der Waals surface area contributed by atoms with Crippen molar-refractivity contribution in [1.29, 1.82) is 0 Å². The molecule has 0 radical (unpaired) electrons. The van der Waals surface area contributed by atoms with Gasteiger partial charge in [-0.25, -0.2) is 0 Å². The minimum absolute atomic E-state index is 0.101. The first-order valence-electron chi connectivity index (χ1n) is 5.72. The molecule has 0 saturated carbocycles. The molecule has 90 valence electrons. The van der Waals surface area contributed by atoms with Crippen LogP contribution >= 0.6 is 0 Å². The van der Waals surface area contributed by atoms with Gasteiger partial charge in [0, 0.05) is 16.3 Å². The number of aromatic hydroxyl groups is 2. The van der Waals surface area contributed by atoms with Crippen LogP contribution < -0.4 is 4.74 Å². The zero-order chi connectivity index (χ0) is 12.4. The first-order chi connectivity index (χ1) is 8.16. The highest BCUT2D eigenvalue weighted by Gasteiger charge is 2.16. The van der Waals surface area contributed by atoms with E-state index in [4.69, 9.17) is 4.74 Å². The molecule has 0 unspecified atom stereocenters. The van der Waals surface area contributed by atoms with Gasteiger partial charge in [-0.3, -0.25) is 0 Å². The van der Waals surface area contributed by atoms with Gasteiger partial charge in [0.15, 0.2) is 11.5 Å². The van der Waals surface area contributed by atoms with Gasteiger partial charge in [-0.15, -0.1) is 0 Å². The maximum absolute atomic E-state index is 10.1. The molecule has 3 heteroatoms. The molecule has 2 aromatic rings. The first-order valence-corrected chi connectivity index (χ1v) is 5.72. The van der Waals surface area contributed by atoms with E-state index in [2.05, 4.69) is 0 Å². The van der Waals surface area contributed by atoms with E-state index in [0.717, 1.165) is 6.42 Å². The third kappa shape index (κ3) is 1.88. The van der Waals surface area contributed by atoms with Gasteiger partial charge in [0.25, 0.3) is 0 Å². The molecule has 0 heterocycles. The largest absolute Gasteiger partial charge is 0.507 e. The second-order valence-electron chi connectivity index (χ2n) is 4.05. The van der Waals surface area contributed by atoms with E-state index in [9.17, 15) is 10.2 Å². The quantitative estimate of drug-likeness (QED) is 0.798. The lowest BCUT2D eigenvalue weighted by Gasteiger charge is -2.14. The molecule has 0 aromatic heterocycles. The molecule has 0 aliphatic carbocycles. The molecule has 0 spiro atoms. The fraction of sp³-hybridized carbons (Fsp3) is 0.286. The summed E-state index contributed by atoms with van der Waals surface area (Å²) in [4.78, 5) is 0. The highest BCUT2D eigenvalue weighted by Crippen LogP contribution is 2.43. The van der Waals surface area contributed by atoms with E-state index in [-0.39, 0.29) is 11.5 Å². The van der Waals surface area contributed by atoms with Gasteiger partial charge in [0.2, 0.25) is 0 Å². The van der Waals surface area contributed by atoms with Crippen molar-refractivity contribution in [3.63, 3.8) is 0 Å². The zero-order valence-corrected chi connectivity index (χ0v) is 10.0. The van der Waals surface area contributed by atoms with E-state index in [1.165, 1.54) is 0 Å². The minimum Gasteiger partial charge on any atom is -0.507 e. The second kappa shape index (κ2) is 4.53. The number of phenols is 2. The van der Waals surface area contributed by atoms with Crippen LogP contribution in [-0.4, -0.2) is 16.8 Å². The molecule has 0 aliphatic rings. The lowest BCUT2D eigenvalue weighted by Crippen LogP contribution is -1.98. The number of benzene rings is 2. The van der Waals surface area contributed by atoms with Crippen LogP contribution in [0.15, 0.2) is 24.3 Å². The Balaban J connectivity index is 2.68. The summed E-state index contributed by atoms with van der Waals surface area (Å²) in [6, 6.07) is 7.19. The molecule has 0 fully saturated rings. The Kier molecular flexibility index (Phi) is 3.09. The van der Waals surface area contributed by atoms with Crippen LogP contribution in [0.5, 0.6) is 17.2 Å². The van der Waals surface area contributed by atoms with Crippen molar-refractivity contribution >= 4 is 10.8 Å². The first kappa shape index (κ1) is 11.6. The van der Waals surface area contributed by atoms with Crippen LogP contribution in [0.2, 0.25) is 0 Å². The van der Waals surface area contributed by atoms with E-state index in [1.807, 2.05) is 19.1 Å². The van der Waals surface area contributed by atoms with Crippen molar-refractivity contribution in [3.8, 4) is 17.2 Å². The van der Waals surface area contributed by atoms with Crippen LogP contribution in [0, 0.1) is 6.92 Å². The topological polar surface area (TPSA) is 49.7 Å². The number of hydrogen-bond acceptors (Lipinski definition) is 3. The molecule has 0 atom stereocenters. The number of fused-ring (bicyclic) bond motifs is 1. The Labute approximate surface area is 100 Å². The molecule has 0 aliphatic heterocycles. The van der Waals surface area contributed by atoms with Crippen molar-refractivity contribution in [2.24, 2.45) is 0 Å². The van der Waals surface area contributed by atoms with Crippen LogP contribution in [0.25, 0.3) is 10.8 Å². The minimum atomic E-state index is 0.101. The normalized spacial score (nSPS) is 10.7. The molecular weight excluding hydrogens is 216 g/mol. The summed E-state index contributed by atoms with van der Waals surface area (Å²) in [5.74, 6) is 0.650. The third-order valence-electron chi connectivity index (χ3n) is 2.80. The Morgan fingerprint density at radius 1 is 1.06 bits per heavy atom. The smallest absolute Gasteiger partial charge is 0.168 e. The molecule has 2 aromatic carbocycles. The van der Waals surface area contributed by atoms with E-state index in [0.29, 0.717) is 28.7 Å². The van der Waals surface area contributed by atoms with Gasteiger partial charge in [-0.1, -0.05) is 31.2 Å². The summed E-state index contributed by atoms with van der Waals surface area (Å²) in [5, 5.41) is 21.5. The standard InChI is InChI=1S/C14H16O3/c1-3-8-17-14-9(2)12(15)10-6-4-5-7-11(10)13(14)16/h4-7,15-16H,3,8H2,1-2H3. The lowest BCUT2D eigenvalue weighted by molar-refractivity contribution is 0.296. The monoisotopic (exact) mass is 232 g/mol. The van der Waals surface area contributed by atoms with Gasteiger partial charge >= 0.3 is 0 Å². The lowest BCUT2D eigenvalue weighted by atomic mass is 10.0. The number of hydrogen-bond donors (Lipinski definition) is 2. The number of phenolic OH excluding ortho intramolecular Hbond substituents is 2. The maximum atomic E-state index is 10.1. The van der Waals surface area contributed by atoms with Crippen LogP contribution in [-0.2, 0) is 0 Å². The summed E-state index contributed by atoms with van der Waals surface area (Å²) in [6.07, 6.45) is 0.854. The van der Waals surface area contributed by atoms with Crippen molar-refractivity contribution in [2.45, 2.75) is 20.3 Å². The summed E-state index contributed by atoms with van der Waals surface area (Å²) >= 11 is 0. The maximum Gasteiger partial charge on any atom is 0.168 e.